The smallest absolute Gasteiger partial charge is 0.224 e. The van der Waals surface area contributed by atoms with Gasteiger partial charge in [0.2, 0.25) is 5.91 Å². The van der Waals surface area contributed by atoms with Crippen LogP contribution < -0.4 is 5.32 Å². The van der Waals surface area contributed by atoms with Gasteiger partial charge in [-0.2, -0.15) is 0 Å². The Morgan fingerprint density at radius 1 is 1.33 bits per heavy atom. The second-order valence-corrected chi connectivity index (χ2v) is 7.66. The first kappa shape index (κ1) is 15.8. The van der Waals surface area contributed by atoms with Crippen molar-refractivity contribution in [3.63, 3.8) is 0 Å². The summed E-state index contributed by atoms with van der Waals surface area (Å²) in [5.41, 5.74) is 1.35. The van der Waals surface area contributed by atoms with Crippen LogP contribution in [0, 0.1) is 5.92 Å². The van der Waals surface area contributed by atoms with E-state index in [9.17, 15) is 4.79 Å². The van der Waals surface area contributed by atoms with Gasteiger partial charge in [-0.05, 0) is 31.4 Å². The maximum Gasteiger partial charge on any atom is 0.224 e. The summed E-state index contributed by atoms with van der Waals surface area (Å²) >= 11 is 1.65. The monoisotopic (exact) mass is 341 g/mol. The van der Waals surface area contributed by atoms with Gasteiger partial charge < -0.3 is 5.32 Å². The number of nitrogens with one attached hydrogen (secondary N) is 1. The van der Waals surface area contributed by atoms with E-state index >= 15 is 0 Å². The molecule has 0 aliphatic carbocycles. The van der Waals surface area contributed by atoms with Crippen LogP contribution in [-0.4, -0.2) is 34.9 Å². The van der Waals surface area contributed by atoms with Crippen molar-refractivity contribution in [3.8, 4) is 0 Å². The fraction of sp³-hybridized carbons (Fsp3) is 0.474. The van der Waals surface area contributed by atoms with Crippen LogP contribution in [-0.2, 0) is 11.2 Å². The Bertz CT molecular complexity index is 673. The third-order valence-corrected chi connectivity index (χ3v) is 6.17. The zero-order valence-electron chi connectivity index (χ0n) is 13.7. The van der Waals surface area contributed by atoms with Crippen LogP contribution in [0.25, 0.3) is 0 Å². The molecule has 24 heavy (non-hydrogen) atoms. The van der Waals surface area contributed by atoms with Gasteiger partial charge in [0, 0.05) is 36.6 Å². The average molecular weight is 341 g/mol. The number of carbonyl (C=O) groups excluding carboxylic acids is 1. The molecule has 4 rings (SSSR count). The minimum Gasteiger partial charge on any atom is -0.355 e. The summed E-state index contributed by atoms with van der Waals surface area (Å²) in [5, 5.41) is 6.22. The standard InChI is InChI=1S/C19H23N3OS/c23-19(21-9-8-18-20-10-12-24-18)15-13-17(14-5-2-1-3-6-14)22-11-4-7-16(15)22/h1-3,5-6,10,12,15-17H,4,7-9,11,13H2,(H,21,23)/t15-,16+,17-/m0/s1. The summed E-state index contributed by atoms with van der Waals surface area (Å²) < 4.78 is 0. The molecular weight excluding hydrogens is 318 g/mol. The fourth-order valence-electron chi connectivity index (χ4n) is 4.25. The lowest BCUT2D eigenvalue weighted by atomic mass is 9.93. The van der Waals surface area contributed by atoms with Crippen LogP contribution in [0.2, 0.25) is 0 Å². The summed E-state index contributed by atoms with van der Waals surface area (Å²) in [6.07, 6.45) is 5.94. The minimum absolute atomic E-state index is 0.119. The van der Waals surface area contributed by atoms with Crippen molar-refractivity contribution in [3.05, 3.63) is 52.5 Å². The van der Waals surface area contributed by atoms with Crippen molar-refractivity contribution >= 4 is 17.2 Å². The molecule has 3 atom stereocenters. The normalized spacial score (nSPS) is 26.4. The Kier molecular flexibility index (Phi) is 4.63. The molecule has 0 bridgehead atoms. The molecule has 2 aliphatic rings. The summed E-state index contributed by atoms with van der Waals surface area (Å²) in [6, 6.07) is 11.5. The molecule has 2 aromatic rings. The van der Waals surface area contributed by atoms with E-state index < -0.39 is 0 Å². The predicted molar refractivity (Wildman–Crippen MR) is 95.8 cm³/mol. The van der Waals surface area contributed by atoms with E-state index in [1.54, 1.807) is 11.3 Å². The molecule has 3 heterocycles. The minimum atomic E-state index is 0.119. The Morgan fingerprint density at radius 2 is 2.21 bits per heavy atom. The van der Waals surface area contributed by atoms with Crippen LogP contribution in [0.4, 0.5) is 0 Å². The third kappa shape index (κ3) is 3.10. The van der Waals surface area contributed by atoms with E-state index in [0.717, 1.165) is 30.8 Å². The number of rotatable bonds is 5. The topological polar surface area (TPSA) is 45.2 Å². The molecule has 2 aliphatic heterocycles. The summed E-state index contributed by atoms with van der Waals surface area (Å²) in [5.74, 6) is 0.343. The number of nitrogens with zero attached hydrogens (tertiary/aromatic N) is 2. The average Bonchev–Trinajstić information content (AvgIpc) is 3.33. The fourth-order valence-corrected chi connectivity index (χ4v) is 4.87. The van der Waals surface area contributed by atoms with Gasteiger partial charge in [0.05, 0.1) is 10.9 Å². The highest BCUT2D eigenvalue weighted by Gasteiger charge is 2.46. The molecule has 2 saturated heterocycles. The van der Waals surface area contributed by atoms with E-state index in [0.29, 0.717) is 18.6 Å². The lowest BCUT2D eigenvalue weighted by Gasteiger charge is -2.24. The van der Waals surface area contributed by atoms with Gasteiger partial charge in [0.25, 0.3) is 0 Å². The number of carbonyl (C=O) groups is 1. The first-order chi connectivity index (χ1) is 11.8. The van der Waals surface area contributed by atoms with E-state index in [2.05, 4.69) is 45.5 Å². The molecule has 4 nitrogen and oxygen atoms in total. The Balaban J connectivity index is 1.40. The number of amides is 1. The van der Waals surface area contributed by atoms with Gasteiger partial charge >= 0.3 is 0 Å². The molecular formula is C19H23N3OS. The van der Waals surface area contributed by atoms with Gasteiger partial charge in [-0.15, -0.1) is 11.3 Å². The zero-order chi connectivity index (χ0) is 16.4. The molecule has 1 aromatic heterocycles. The molecule has 5 heteroatoms. The Morgan fingerprint density at radius 3 is 3.00 bits per heavy atom. The highest BCUT2D eigenvalue weighted by Crippen LogP contribution is 2.44. The Labute approximate surface area is 146 Å². The number of fused-ring (bicyclic) bond motifs is 1. The number of hydrogen-bond acceptors (Lipinski definition) is 4. The number of thiazole rings is 1. The third-order valence-electron chi connectivity index (χ3n) is 5.33. The zero-order valence-corrected chi connectivity index (χ0v) is 14.5. The molecule has 1 N–H and O–H groups in total. The first-order valence-electron chi connectivity index (χ1n) is 8.79. The van der Waals surface area contributed by atoms with Gasteiger partial charge in [-0.3, -0.25) is 9.69 Å². The number of benzene rings is 1. The van der Waals surface area contributed by atoms with E-state index in [-0.39, 0.29) is 11.8 Å². The Hall–Kier alpha value is -1.72. The van der Waals surface area contributed by atoms with Crippen LogP contribution in [0.3, 0.4) is 0 Å². The lowest BCUT2D eigenvalue weighted by Crippen LogP contribution is -2.38. The molecule has 0 radical (unpaired) electrons. The quantitative estimate of drug-likeness (QED) is 0.909. The highest BCUT2D eigenvalue weighted by molar-refractivity contribution is 7.09. The van der Waals surface area contributed by atoms with E-state index in [1.165, 1.54) is 12.0 Å². The summed E-state index contributed by atoms with van der Waals surface area (Å²) in [6.45, 7) is 1.80. The van der Waals surface area contributed by atoms with E-state index in [4.69, 9.17) is 0 Å². The molecule has 0 spiro atoms. The highest BCUT2D eigenvalue weighted by atomic mass is 32.1. The van der Waals surface area contributed by atoms with Gasteiger partial charge in [0.1, 0.15) is 0 Å². The van der Waals surface area contributed by atoms with Crippen molar-refractivity contribution in [1.82, 2.24) is 15.2 Å². The maximum atomic E-state index is 12.7. The molecule has 126 valence electrons. The lowest BCUT2D eigenvalue weighted by molar-refractivity contribution is -0.125. The van der Waals surface area contributed by atoms with Crippen molar-refractivity contribution < 1.29 is 4.79 Å². The SMILES string of the molecule is O=C(NCCc1nccs1)[C@H]1C[C@@H](c2ccccc2)N2CCC[C@H]12. The number of aromatic nitrogens is 1. The summed E-state index contributed by atoms with van der Waals surface area (Å²) in [7, 11) is 0. The van der Waals surface area contributed by atoms with Gasteiger partial charge in [-0.25, -0.2) is 4.98 Å². The van der Waals surface area contributed by atoms with Crippen LogP contribution in [0.1, 0.15) is 35.9 Å². The van der Waals surface area contributed by atoms with Crippen molar-refractivity contribution in [2.45, 2.75) is 37.8 Å². The predicted octanol–water partition coefficient (Wildman–Crippen LogP) is 3.03. The van der Waals surface area contributed by atoms with Crippen molar-refractivity contribution in [1.29, 1.82) is 0 Å². The van der Waals surface area contributed by atoms with Crippen molar-refractivity contribution in [2.75, 3.05) is 13.1 Å². The van der Waals surface area contributed by atoms with E-state index in [1.807, 2.05) is 11.6 Å². The van der Waals surface area contributed by atoms with Crippen LogP contribution >= 0.6 is 11.3 Å². The van der Waals surface area contributed by atoms with Crippen LogP contribution in [0.5, 0.6) is 0 Å². The molecule has 0 unspecified atom stereocenters. The van der Waals surface area contributed by atoms with Gasteiger partial charge in [0.15, 0.2) is 0 Å². The second-order valence-electron chi connectivity index (χ2n) is 6.68. The molecule has 1 amide bonds. The molecule has 1 aromatic carbocycles. The van der Waals surface area contributed by atoms with Crippen molar-refractivity contribution in [2.24, 2.45) is 5.92 Å². The number of hydrogen-bond donors (Lipinski definition) is 1. The van der Waals surface area contributed by atoms with Crippen LogP contribution in [0.15, 0.2) is 41.9 Å². The maximum absolute atomic E-state index is 12.7. The second kappa shape index (κ2) is 7.03. The van der Waals surface area contributed by atoms with Gasteiger partial charge in [-0.1, -0.05) is 30.3 Å². The molecule has 2 fully saturated rings. The summed E-state index contributed by atoms with van der Waals surface area (Å²) in [4.78, 5) is 19.6. The largest absolute Gasteiger partial charge is 0.355 e. The first-order valence-corrected chi connectivity index (χ1v) is 9.67. The molecule has 0 saturated carbocycles.